The summed E-state index contributed by atoms with van der Waals surface area (Å²) in [4.78, 5) is 4.21. The highest BCUT2D eigenvalue weighted by atomic mass is 16.3. The van der Waals surface area contributed by atoms with Crippen molar-refractivity contribution in [2.45, 2.75) is 19.4 Å². The molecule has 0 bridgehead atoms. The van der Waals surface area contributed by atoms with Crippen LogP contribution >= 0.6 is 0 Å². The average molecular weight is 205 g/mol. The molecule has 0 spiro atoms. The molecule has 15 heavy (non-hydrogen) atoms. The van der Waals surface area contributed by atoms with Gasteiger partial charge in [0, 0.05) is 25.9 Å². The summed E-state index contributed by atoms with van der Waals surface area (Å²) in [7, 11) is 1.92. The van der Waals surface area contributed by atoms with Crippen molar-refractivity contribution in [1.82, 2.24) is 9.55 Å². The zero-order valence-electron chi connectivity index (χ0n) is 8.97. The lowest BCUT2D eigenvalue weighted by Crippen LogP contribution is -2.15. The van der Waals surface area contributed by atoms with Gasteiger partial charge in [0.15, 0.2) is 0 Å². The van der Waals surface area contributed by atoms with Crippen LogP contribution in [0.2, 0.25) is 0 Å². The number of hydrogen-bond donors (Lipinski definition) is 1. The summed E-state index contributed by atoms with van der Waals surface area (Å²) in [6.07, 6.45) is 4.49. The molecule has 80 valence electrons. The number of rotatable bonds is 3. The summed E-state index contributed by atoms with van der Waals surface area (Å²) in [6, 6.07) is 3.58. The second-order valence-corrected chi connectivity index (χ2v) is 3.53. The van der Waals surface area contributed by atoms with Crippen LogP contribution in [0, 0.1) is 0 Å². The topological polar surface area (TPSA) is 57.0 Å². The molecular formula is C11H15N3O. The monoisotopic (exact) mass is 205 g/mol. The molecule has 0 radical (unpaired) electrons. The molecule has 0 amide bonds. The van der Waals surface area contributed by atoms with Crippen molar-refractivity contribution >= 4 is 0 Å². The van der Waals surface area contributed by atoms with E-state index in [0.717, 1.165) is 23.8 Å². The molecule has 0 aliphatic heterocycles. The standard InChI is InChI=1S/C11H15N3O/c1-3-8-4-5-9(15-8)10(12)11-13-6-7-14(11)2/h4-7,10H,3,12H2,1-2H3. The molecule has 4 heteroatoms. The lowest BCUT2D eigenvalue weighted by atomic mass is 10.2. The number of nitrogens with zero attached hydrogens (tertiary/aromatic N) is 2. The van der Waals surface area contributed by atoms with Gasteiger partial charge >= 0.3 is 0 Å². The predicted molar refractivity (Wildman–Crippen MR) is 57.3 cm³/mol. The van der Waals surface area contributed by atoms with Gasteiger partial charge in [-0.05, 0) is 12.1 Å². The highest BCUT2D eigenvalue weighted by Crippen LogP contribution is 2.20. The lowest BCUT2D eigenvalue weighted by molar-refractivity contribution is 0.445. The van der Waals surface area contributed by atoms with Crippen molar-refractivity contribution in [3.05, 3.63) is 41.9 Å². The fraction of sp³-hybridized carbons (Fsp3) is 0.364. The largest absolute Gasteiger partial charge is 0.464 e. The van der Waals surface area contributed by atoms with Gasteiger partial charge in [-0.25, -0.2) is 4.98 Å². The van der Waals surface area contributed by atoms with Crippen LogP contribution < -0.4 is 5.73 Å². The van der Waals surface area contributed by atoms with Crippen LogP contribution in [0.4, 0.5) is 0 Å². The summed E-state index contributed by atoms with van der Waals surface area (Å²) >= 11 is 0. The van der Waals surface area contributed by atoms with E-state index < -0.39 is 0 Å². The van der Waals surface area contributed by atoms with Crippen molar-refractivity contribution in [3.63, 3.8) is 0 Å². The van der Waals surface area contributed by atoms with Crippen molar-refractivity contribution in [3.8, 4) is 0 Å². The minimum absolute atomic E-state index is 0.287. The second kappa shape index (κ2) is 3.90. The number of furan rings is 1. The Kier molecular flexibility index (Phi) is 2.60. The number of aryl methyl sites for hydroxylation is 2. The number of aromatic nitrogens is 2. The van der Waals surface area contributed by atoms with Crippen LogP contribution in [0.3, 0.4) is 0 Å². The van der Waals surface area contributed by atoms with Crippen molar-refractivity contribution in [2.75, 3.05) is 0 Å². The zero-order valence-corrected chi connectivity index (χ0v) is 8.97. The van der Waals surface area contributed by atoms with Crippen LogP contribution in [0.25, 0.3) is 0 Å². The molecule has 2 heterocycles. The van der Waals surface area contributed by atoms with E-state index in [1.54, 1.807) is 6.20 Å². The Morgan fingerprint density at radius 3 is 2.87 bits per heavy atom. The Morgan fingerprint density at radius 2 is 2.33 bits per heavy atom. The van der Waals surface area contributed by atoms with Gasteiger partial charge in [0.2, 0.25) is 0 Å². The van der Waals surface area contributed by atoms with Crippen LogP contribution in [-0.4, -0.2) is 9.55 Å². The van der Waals surface area contributed by atoms with Gasteiger partial charge < -0.3 is 14.7 Å². The molecule has 0 fully saturated rings. The minimum Gasteiger partial charge on any atom is -0.464 e. The molecule has 0 aliphatic carbocycles. The zero-order chi connectivity index (χ0) is 10.8. The van der Waals surface area contributed by atoms with E-state index in [1.165, 1.54) is 0 Å². The Bertz CT molecular complexity index is 444. The quantitative estimate of drug-likeness (QED) is 0.828. The molecule has 4 nitrogen and oxygen atoms in total. The van der Waals surface area contributed by atoms with Crippen LogP contribution in [0.15, 0.2) is 28.9 Å². The van der Waals surface area contributed by atoms with Gasteiger partial charge in [0.25, 0.3) is 0 Å². The van der Waals surface area contributed by atoms with Gasteiger partial charge in [0.1, 0.15) is 23.4 Å². The van der Waals surface area contributed by atoms with Crippen LogP contribution in [0.5, 0.6) is 0 Å². The molecule has 0 aliphatic rings. The van der Waals surface area contributed by atoms with Crippen LogP contribution in [0.1, 0.15) is 30.3 Å². The van der Waals surface area contributed by atoms with Gasteiger partial charge in [-0.15, -0.1) is 0 Å². The maximum Gasteiger partial charge on any atom is 0.133 e. The second-order valence-electron chi connectivity index (χ2n) is 3.53. The van der Waals surface area contributed by atoms with E-state index in [-0.39, 0.29) is 6.04 Å². The lowest BCUT2D eigenvalue weighted by Gasteiger charge is -2.08. The Morgan fingerprint density at radius 1 is 1.53 bits per heavy atom. The molecule has 2 rings (SSSR count). The van der Waals surface area contributed by atoms with Crippen molar-refractivity contribution in [1.29, 1.82) is 0 Å². The van der Waals surface area contributed by atoms with E-state index in [1.807, 2.05) is 29.9 Å². The van der Waals surface area contributed by atoms with Gasteiger partial charge in [-0.3, -0.25) is 0 Å². The van der Waals surface area contributed by atoms with E-state index >= 15 is 0 Å². The Balaban J connectivity index is 2.28. The third-order valence-electron chi connectivity index (χ3n) is 2.47. The Hall–Kier alpha value is -1.55. The van der Waals surface area contributed by atoms with Gasteiger partial charge in [-0.2, -0.15) is 0 Å². The molecule has 0 saturated carbocycles. The highest BCUT2D eigenvalue weighted by molar-refractivity contribution is 5.17. The first-order chi connectivity index (χ1) is 7.22. The molecule has 1 unspecified atom stereocenters. The SMILES string of the molecule is CCc1ccc(C(N)c2nccn2C)o1. The fourth-order valence-electron chi connectivity index (χ4n) is 1.56. The van der Waals surface area contributed by atoms with E-state index in [0.29, 0.717) is 0 Å². The average Bonchev–Trinajstić information content (AvgIpc) is 2.84. The summed E-state index contributed by atoms with van der Waals surface area (Å²) in [5, 5.41) is 0. The van der Waals surface area contributed by atoms with Crippen LogP contribution in [-0.2, 0) is 13.5 Å². The fourth-order valence-corrected chi connectivity index (χ4v) is 1.56. The third kappa shape index (κ3) is 1.80. The Labute approximate surface area is 88.7 Å². The summed E-state index contributed by atoms with van der Waals surface area (Å²) < 4.78 is 7.50. The number of hydrogen-bond acceptors (Lipinski definition) is 3. The number of nitrogens with two attached hydrogens (primary N) is 1. The number of imidazole rings is 1. The van der Waals surface area contributed by atoms with E-state index in [9.17, 15) is 0 Å². The van der Waals surface area contributed by atoms with Gasteiger partial charge in [0.05, 0.1) is 0 Å². The molecule has 2 aromatic heterocycles. The van der Waals surface area contributed by atoms with E-state index in [4.69, 9.17) is 10.2 Å². The maximum absolute atomic E-state index is 6.05. The third-order valence-corrected chi connectivity index (χ3v) is 2.47. The molecule has 0 saturated heterocycles. The van der Waals surface area contributed by atoms with Crippen molar-refractivity contribution < 1.29 is 4.42 Å². The van der Waals surface area contributed by atoms with Crippen molar-refractivity contribution in [2.24, 2.45) is 12.8 Å². The molecule has 0 aromatic carbocycles. The normalized spacial score (nSPS) is 13.0. The first kappa shape index (κ1) is 9.98. The first-order valence-corrected chi connectivity index (χ1v) is 5.03. The summed E-state index contributed by atoms with van der Waals surface area (Å²) in [6.45, 7) is 2.05. The molecule has 1 atom stereocenters. The predicted octanol–water partition coefficient (Wildman–Crippen LogP) is 1.62. The summed E-state index contributed by atoms with van der Waals surface area (Å²) in [5.74, 6) is 2.53. The first-order valence-electron chi connectivity index (χ1n) is 5.03. The molecule has 2 N–H and O–H groups in total. The van der Waals surface area contributed by atoms with Gasteiger partial charge in [-0.1, -0.05) is 6.92 Å². The smallest absolute Gasteiger partial charge is 0.133 e. The molecule has 2 aromatic rings. The highest BCUT2D eigenvalue weighted by Gasteiger charge is 2.16. The maximum atomic E-state index is 6.05. The van der Waals surface area contributed by atoms with E-state index in [2.05, 4.69) is 11.9 Å². The minimum atomic E-state index is -0.287. The summed E-state index contributed by atoms with van der Waals surface area (Å²) in [5.41, 5.74) is 6.05. The molecular weight excluding hydrogens is 190 g/mol.